The van der Waals surface area contributed by atoms with Gasteiger partial charge in [-0.3, -0.25) is 9.35 Å². The lowest BCUT2D eigenvalue weighted by Crippen LogP contribution is -2.12. The van der Waals surface area contributed by atoms with Gasteiger partial charge in [0.2, 0.25) is 0 Å². The Morgan fingerprint density at radius 3 is 2.14 bits per heavy atom. The standard InChI is InChI=1S/C7H10N2O3S.C7H7NO/c8-6-1-3-7(4-2-6)9-5-13(10,11)12;8-7-3-1-2-6(4-7)5-9/h1-4,9H,5,8H2,(H,10,11,12);1-5H,8H2. The van der Waals surface area contributed by atoms with Crippen molar-refractivity contribution in [2.75, 3.05) is 22.7 Å². The van der Waals surface area contributed by atoms with Crippen molar-refractivity contribution in [1.82, 2.24) is 0 Å². The summed E-state index contributed by atoms with van der Waals surface area (Å²) >= 11 is 0. The zero-order chi connectivity index (χ0) is 16.6. The van der Waals surface area contributed by atoms with Crippen molar-refractivity contribution in [2.45, 2.75) is 0 Å². The number of nitrogens with one attached hydrogen (secondary N) is 1. The minimum Gasteiger partial charge on any atom is -0.399 e. The summed E-state index contributed by atoms with van der Waals surface area (Å²) in [6, 6.07) is 13.3. The molecule has 2 aromatic carbocycles. The molecular formula is C14H17N3O4S. The molecule has 0 aromatic heterocycles. The number of hydrogen-bond acceptors (Lipinski definition) is 6. The minimum absolute atomic E-state index is 0.503. The van der Waals surface area contributed by atoms with E-state index in [4.69, 9.17) is 16.0 Å². The quantitative estimate of drug-likeness (QED) is 0.381. The first kappa shape index (κ1) is 17.5. The van der Waals surface area contributed by atoms with Crippen LogP contribution < -0.4 is 16.8 Å². The van der Waals surface area contributed by atoms with Crippen LogP contribution in [0.5, 0.6) is 0 Å². The lowest BCUT2D eigenvalue weighted by Gasteiger charge is -2.03. The van der Waals surface area contributed by atoms with Crippen LogP contribution in [0.4, 0.5) is 17.1 Å². The van der Waals surface area contributed by atoms with Gasteiger partial charge in [0.15, 0.2) is 0 Å². The highest BCUT2D eigenvalue weighted by Gasteiger charge is 2.02. The number of aldehydes is 1. The second-order valence-corrected chi connectivity index (χ2v) is 5.77. The van der Waals surface area contributed by atoms with Crippen LogP contribution in [0.15, 0.2) is 48.5 Å². The molecule has 0 radical (unpaired) electrons. The van der Waals surface area contributed by atoms with Crippen LogP contribution in [0.25, 0.3) is 0 Å². The first-order chi connectivity index (χ1) is 10.3. The van der Waals surface area contributed by atoms with Gasteiger partial charge in [-0.2, -0.15) is 8.42 Å². The fraction of sp³-hybridized carbons (Fsp3) is 0.0714. The number of hydrogen-bond donors (Lipinski definition) is 4. The third kappa shape index (κ3) is 7.27. The molecule has 22 heavy (non-hydrogen) atoms. The van der Waals surface area contributed by atoms with Crippen LogP contribution in [0.2, 0.25) is 0 Å². The van der Waals surface area contributed by atoms with Gasteiger partial charge in [0.25, 0.3) is 10.1 Å². The van der Waals surface area contributed by atoms with Crippen LogP contribution in [0.1, 0.15) is 10.4 Å². The van der Waals surface area contributed by atoms with E-state index in [1.807, 2.05) is 0 Å². The number of nitrogen functional groups attached to an aromatic ring is 2. The second kappa shape index (κ2) is 8.01. The Bertz CT molecular complexity index is 715. The maximum Gasteiger partial charge on any atom is 0.283 e. The van der Waals surface area contributed by atoms with Gasteiger partial charge in [0.1, 0.15) is 12.2 Å². The lowest BCUT2D eigenvalue weighted by molar-refractivity contribution is 0.112. The summed E-state index contributed by atoms with van der Waals surface area (Å²) in [5.74, 6) is -0.503. The summed E-state index contributed by atoms with van der Waals surface area (Å²) in [6.45, 7) is 0. The third-order valence-corrected chi connectivity index (χ3v) is 2.93. The molecule has 0 saturated carbocycles. The molecule has 118 valence electrons. The highest BCUT2D eigenvalue weighted by atomic mass is 32.2. The monoisotopic (exact) mass is 323 g/mol. The fourth-order valence-electron chi connectivity index (χ4n) is 1.41. The van der Waals surface area contributed by atoms with Gasteiger partial charge in [-0.05, 0) is 36.4 Å². The van der Waals surface area contributed by atoms with E-state index in [-0.39, 0.29) is 0 Å². The topological polar surface area (TPSA) is 136 Å². The van der Waals surface area contributed by atoms with Gasteiger partial charge in [-0.1, -0.05) is 12.1 Å². The maximum atomic E-state index is 10.3. The van der Waals surface area contributed by atoms with Crippen molar-refractivity contribution in [1.29, 1.82) is 0 Å². The van der Waals surface area contributed by atoms with Gasteiger partial charge in [0.05, 0.1) is 0 Å². The smallest absolute Gasteiger partial charge is 0.283 e. The minimum atomic E-state index is -3.97. The highest BCUT2D eigenvalue weighted by molar-refractivity contribution is 7.85. The Labute approximate surface area is 128 Å². The predicted molar refractivity (Wildman–Crippen MR) is 87.1 cm³/mol. The van der Waals surface area contributed by atoms with E-state index in [0.717, 1.165) is 6.29 Å². The van der Waals surface area contributed by atoms with Gasteiger partial charge in [-0.15, -0.1) is 0 Å². The van der Waals surface area contributed by atoms with E-state index in [2.05, 4.69) is 5.32 Å². The molecule has 0 aliphatic heterocycles. The molecule has 2 rings (SSSR count). The second-order valence-electron chi connectivity index (χ2n) is 4.31. The first-order valence-electron chi connectivity index (χ1n) is 6.15. The number of nitrogens with two attached hydrogens (primary N) is 2. The molecule has 6 N–H and O–H groups in total. The average Bonchev–Trinajstić information content (AvgIpc) is 2.46. The molecule has 0 saturated heterocycles. The molecule has 0 aliphatic rings. The molecule has 7 nitrogen and oxygen atoms in total. The molecule has 0 fully saturated rings. The normalized spacial score (nSPS) is 10.2. The van der Waals surface area contributed by atoms with E-state index >= 15 is 0 Å². The zero-order valence-corrected chi connectivity index (χ0v) is 12.5. The number of anilines is 3. The molecule has 0 heterocycles. The number of benzene rings is 2. The summed E-state index contributed by atoms with van der Waals surface area (Å²) in [6.07, 6.45) is 0.774. The van der Waals surface area contributed by atoms with E-state index < -0.39 is 16.0 Å². The third-order valence-electron chi connectivity index (χ3n) is 2.42. The number of carbonyl (C=O) groups is 1. The SMILES string of the molecule is Nc1ccc(NCS(=O)(=O)O)cc1.Nc1cccc(C=O)c1. The summed E-state index contributed by atoms with van der Waals surface area (Å²) in [5, 5.41) is 2.52. The highest BCUT2D eigenvalue weighted by Crippen LogP contribution is 2.10. The van der Waals surface area contributed by atoms with E-state index in [1.165, 1.54) is 0 Å². The van der Waals surface area contributed by atoms with Crippen molar-refractivity contribution in [3.05, 3.63) is 54.1 Å². The van der Waals surface area contributed by atoms with Crippen molar-refractivity contribution in [3.63, 3.8) is 0 Å². The lowest BCUT2D eigenvalue weighted by atomic mass is 10.2. The van der Waals surface area contributed by atoms with E-state index in [1.54, 1.807) is 48.5 Å². The Balaban J connectivity index is 0.000000235. The molecule has 0 bridgehead atoms. The van der Waals surface area contributed by atoms with Crippen LogP contribution in [0, 0.1) is 0 Å². The Morgan fingerprint density at radius 1 is 1.05 bits per heavy atom. The Hall–Kier alpha value is -2.58. The molecule has 8 heteroatoms. The van der Waals surface area contributed by atoms with Crippen molar-refractivity contribution < 1.29 is 17.8 Å². The summed E-state index contributed by atoms with van der Waals surface area (Å²) in [4.78, 5) is 10.1. The van der Waals surface area contributed by atoms with Crippen molar-refractivity contribution >= 4 is 33.5 Å². The fourth-order valence-corrected chi connectivity index (χ4v) is 1.76. The molecule has 0 aliphatic carbocycles. The van der Waals surface area contributed by atoms with Crippen molar-refractivity contribution in [2.24, 2.45) is 0 Å². The summed E-state index contributed by atoms with van der Waals surface area (Å²) in [5.41, 5.74) is 13.2. The number of rotatable bonds is 4. The summed E-state index contributed by atoms with van der Waals surface area (Å²) < 4.78 is 29.1. The largest absolute Gasteiger partial charge is 0.399 e. The van der Waals surface area contributed by atoms with Gasteiger partial charge < -0.3 is 16.8 Å². The molecule has 0 spiro atoms. The Morgan fingerprint density at radius 2 is 1.68 bits per heavy atom. The number of carbonyl (C=O) groups excluding carboxylic acids is 1. The Kier molecular flexibility index (Phi) is 6.36. The van der Waals surface area contributed by atoms with Crippen LogP contribution in [-0.4, -0.2) is 25.1 Å². The zero-order valence-electron chi connectivity index (χ0n) is 11.6. The molecule has 2 aromatic rings. The predicted octanol–water partition coefficient (Wildman–Crippen LogP) is 1.61. The average molecular weight is 323 g/mol. The maximum absolute atomic E-state index is 10.3. The van der Waals surface area contributed by atoms with E-state index in [0.29, 0.717) is 22.6 Å². The van der Waals surface area contributed by atoms with Gasteiger partial charge in [-0.25, -0.2) is 0 Å². The van der Waals surface area contributed by atoms with Gasteiger partial charge in [0, 0.05) is 22.6 Å². The first-order valence-corrected chi connectivity index (χ1v) is 7.76. The molecule has 0 amide bonds. The van der Waals surface area contributed by atoms with Crippen molar-refractivity contribution in [3.8, 4) is 0 Å². The molecule has 0 atom stereocenters. The molecule has 0 unspecified atom stereocenters. The van der Waals surface area contributed by atoms with E-state index in [9.17, 15) is 13.2 Å². The van der Waals surface area contributed by atoms with Crippen LogP contribution in [-0.2, 0) is 10.1 Å². The van der Waals surface area contributed by atoms with Crippen LogP contribution >= 0.6 is 0 Å². The van der Waals surface area contributed by atoms with Crippen LogP contribution in [0.3, 0.4) is 0 Å². The summed E-state index contributed by atoms with van der Waals surface area (Å²) in [7, 11) is -3.97. The van der Waals surface area contributed by atoms with Gasteiger partial charge >= 0.3 is 0 Å². The molecular weight excluding hydrogens is 306 g/mol.